The van der Waals surface area contributed by atoms with Gasteiger partial charge in [0.05, 0.1) is 12.7 Å². The van der Waals surface area contributed by atoms with E-state index >= 15 is 0 Å². The summed E-state index contributed by atoms with van der Waals surface area (Å²) < 4.78 is 26.2. The highest BCUT2D eigenvalue weighted by atomic mass is 19.1. The van der Waals surface area contributed by atoms with Crippen LogP contribution in [0.3, 0.4) is 0 Å². The van der Waals surface area contributed by atoms with Crippen molar-refractivity contribution in [3.8, 4) is 5.75 Å². The zero-order valence-corrected chi connectivity index (χ0v) is 21.0. The van der Waals surface area contributed by atoms with Crippen LogP contribution in [0.2, 0.25) is 0 Å². The SMILES string of the molecule is CC1COc2cc(F)cc([C@H](C(=O)O)N3CC[C@@H](OCCCCc4ccc5c(n4)NCCC5)C3)c2C1. The maximum absolute atomic E-state index is 14.4. The number of carboxylic acid groups (broad SMARTS) is 1. The van der Waals surface area contributed by atoms with Crippen LogP contribution >= 0.6 is 0 Å². The Bertz CT molecular complexity index is 1090. The smallest absolute Gasteiger partial charge is 0.325 e. The molecule has 1 aromatic heterocycles. The van der Waals surface area contributed by atoms with E-state index in [1.54, 1.807) is 0 Å². The number of unbranched alkanes of at least 4 members (excludes halogenated alkanes) is 1. The van der Waals surface area contributed by atoms with Crippen LogP contribution in [0, 0.1) is 11.7 Å². The third-order valence-electron chi connectivity index (χ3n) is 7.49. The third-order valence-corrected chi connectivity index (χ3v) is 7.49. The van der Waals surface area contributed by atoms with Gasteiger partial charge in [0.2, 0.25) is 0 Å². The summed E-state index contributed by atoms with van der Waals surface area (Å²) in [6, 6.07) is 6.16. The van der Waals surface area contributed by atoms with Gasteiger partial charge in [-0.05, 0) is 74.1 Å². The van der Waals surface area contributed by atoms with E-state index in [1.807, 2.05) is 4.90 Å². The van der Waals surface area contributed by atoms with E-state index in [-0.39, 0.29) is 12.0 Å². The molecule has 0 aliphatic carbocycles. The van der Waals surface area contributed by atoms with E-state index in [0.717, 1.165) is 62.1 Å². The average Bonchev–Trinajstić information content (AvgIpc) is 3.32. The molecule has 36 heavy (non-hydrogen) atoms. The minimum Gasteiger partial charge on any atom is -0.493 e. The first-order valence-electron chi connectivity index (χ1n) is 13.2. The number of hydrogen-bond acceptors (Lipinski definition) is 6. The Kier molecular flexibility index (Phi) is 7.72. The number of hydrogen-bond donors (Lipinski definition) is 2. The van der Waals surface area contributed by atoms with Crippen molar-refractivity contribution >= 4 is 11.8 Å². The van der Waals surface area contributed by atoms with Gasteiger partial charge in [0.1, 0.15) is 23.4 Å². The lowest BCUT2D eigenvalue weighted by Gasteiger charge is -2.30. The fourth-order valence-corrected chi connectivity index (χ4v) is 5.64. The number of aryl methyl sites for hydroxylation is 2. The van der Waals surface area contributed by atoms with Gasteiger partial charge in [-0.1, -0.05) is 13.0 Å². The monoisotopic (exact) mass is 497 g/mol. The fraction of sp³-hybridized carbons (Fsp3) is 0.571. The van der Waals surface area contributed by atoms with Crippen LogP contribution in [0.4, 0.5) is 10.2 Å². The van der Waals surface area contributed by atoms with Crippen LogP contribution in [-0.4, -0.2) is 59.9 Å². The van der Waals surface area contributed by atoms with E-state index in [9.17, 15) is 14.3 Å². The van der Waals surface area contributed by atoms with Gasteiger partial charge in [-0.15, -0.1) is 0 Å². The number of pyridine rings is 1. The van der Waals surface area contributed by atoms with Crippen molar-refractivity contribution < 1.29 is 23.8 Å². The minimum atomic E-state index is -0.964. The van der Waals surface area contributed by atoms with Crippen LogP contribution in [0.1, 0.15) is 61.0 Å². The zero-order valence-electron chi connectivity index (χ0n) is 21.0. The van der Waals surface area contributed by atoms with Crippen molar-refractivity contribution in [3.63, 3.8) is 0 Å². The number of fused-ring (bicyclic) bond motifs is 2. The van der Waals surface area contributed by atoms with Crippen LogP contribution in [-0.2, 0) is 28.8 Å². The quantitative estimate of drug-likeness (QED) is 0.497. The Hall–Kier alpha value is -2.71. The number of ether oxygens (including phenoxy) is 2. The Morgan fingerprint density at radius 3 is 3.11 bits per heavy atom. The van der Waals surface area contributed by atoms with E-state index < -0.39 is 17.8 Å². The standard InChI is InChI=1S/C28H36FN3O4/c1-18-13-23-24(14-20(29)15-25(23)36-17-18)26(28(33)34)32-11-9-22(16-32)35-12-3-2-6-21-8-7-19-5-4-10-30-27(19)31-21/h7-8,14-15,18,22,26H,2-6,9-13,16-17H2,1H3,(H,30,31)(H,33,34)/t18?,22-,26-/m1/s1. The number of aromatic nitrogens is 1. The molecule has 1 fully saturated rings. The predicted octanol–water partition coefficient (Wildman–Crippen LogP) is 4.39. The molecule has 7 nitrogen and oxygen atoms in total. The highest BCUT2D eigenvalue weighted by Gasteiger charge is 2.37. The number of benzene rings is 1. The number of nitrogens with zero attached hydrogens (tertiary/aromatic N) is 2. The number of nitrogens with one attached hydrogen (secondary N) is 1. The van der Waals surface area contributed by atoms with Crippen LogP contribution < -0.4 is 10.1 Å². The molecule has 0 amide bonds. The highest BCUT2D eigenvalue weighted by Crippen LogP contribution is 2.37. The average molecular weight is 498 g/mol. The van der Waals surface area contributed by atoms with Crippen LogP contribution in [0.25, 0.3) is 0 Å². The van der Waals surface area contributed by atoms with Crippen molar-refractivity contribution in [2.75, 3.05) is 38.2 Å². The fourth-order valence-electron chi connectivity index (χ4n) is 5.64. The Morgan fingerprint density at radius 2 is 2.25 bits per heavy atom. The number of carbonyl (C=O) groups is 1. The number of halogens is 1. The number of carboxylic acids is 1. The second kappa shape index (κ2) is 11.1. The van der Waals surface area contributed by atoms with Crippen molar-refractivity contribution in [2.45, 2.75) is 64.0 Å². The molecule has 1 saturated heterocycles. The molecule has 0 bridgehead atoms. The van der Waals surface area contributed by atoms with Crippen LogP contribution in [0.15, 0.2) is 24.3 Å². The molecule has 4 heterocycles. The van der Waals surface area contributed by atoms with E-state index in [2.05, 4.69) is 24.4 Å². The lowest BCUT2D eigenvalue weighted by Crippen LogP contribution is -2.35. The molecule has 3 atom stereocenters. The number of rotatable bonds is 9. The number of likely N-dealkylation sites (tertiary alicyclic amines) is 1. The first-order valence-corrected chi connectivity index (χ1v) is 13.2. The summed E-state index contributed by atoms with van der Waals surface area (Å²) in [5.41, 5.74) is 3.74. The van der Waals surface area contributed by atoms with Gasteiger partial charge in [0.25, 0.3) is 0 Å². The molecule has 0 radical (unpaired) electrons. The van der Waals surface area contributed by atoms with Gasteiger partial charge < -0.3 is 19.9 Å². The van der Waals surface area contributed by atoms with E-state index in [1.165, 1.54) is 17.7 Å². The van der Waals surface area contributed by atoms with Crippen LogP contribution in [0.5, 0.6) is 5.75 Å². The maximum Gasteiger partial charge on any atom is 0.325 e. The molecule has 2 aromatic rings. The predicted molar refractivity (Wildman–Crippen MR) is 135 cm³/mol. The molecule has 0 spiro atoms. The second-order valence-corrected chi connectivity index (χ2v) is 10.4. The molecule has 5 rings (SSSR count). The zero-order chi connectivity index (χ0) is 25.1. The number of aliphatic carboxylic acids is 1. The van der Waals surface area contributed by atoms with Crippen molar-refractivity contribution in [2.24, 2.45) is 5.92 Å². The topological polar surface area (TPSA) is 83.9 Å². The lowest BCUT2D eigenvalue weighted by molar-refractivity contribution is -0.143. The number of anilines is 1. The molecular formula is C28H36FN3O4. The second-order valence-electron chi connectivity index (χ2n) is 10.4. The molecule has 0 saturated carbocycles. The molecular weight excluding hydrogens is 461 g/mol. The van der Waals surface area contributed by atoms with Crippen molar-refractivity contribution in [1.29, 1.82) is 0 Å². The van der Waals surface area contributed by atoms with Gasteiger partial charge in [-0.25, -0.2) is 9.37 Å². The van der Waals surface area contributed by atoms with E-state index in [4.69, 9.17) is 14.5 Å². The Labute approximate surface area is 212 Å². The lowest BCUT2D eigenvalue weighted by atomic mass is 9.90. The van der Waals surface area contributed by atoms with E-state index in [0.29, 0.717) is 44.0 Å². The largest absolute Gasteiger partial charge is 0.493 e. The molecule has 3 aliphatic heterocycles. The molecule has 2 N–H and O–H groups in total. The van der Waals surface area contributed by atoms with Crippen molar-refractivity contribution in [3.05, 3.63) is 52.5 Å². The Balaban J connectivity index is 1.13. The van der Waals surface area contributed by atoms with Gasteiger partial charge in [0, 0.05) is 43.6 Å². The first-order chi connectivity index (χ1) is 17.5. The molecule has 194 valence electrons. The summed E-state index contributed by atoms with van der Waals surface area (Å²) >= 11 is 0. The molecule has 8 heteroatoms. The maximum atomic E-state index is 14.4. The normalized spacial score (nSPS) is 22.3. The van der Waals surface area contributed by atoms with Gasteiger partial charge in [0.15, 0.2) is 0 Å². The van der Waals surface area contributed by atoms with Gasteiger partial charge in [-0.3, -0.25) is 9.69 Å². The minimum absolute atomic E-state index is 0.0162. The molecule has 1 unspecified atom stereocenters. The summed E-state index contributed by atoms with van der Waals surface area (Å²) in [6.07, 6.45) is 6.54. The summed E-state index contributed by atoms with van der Waals surface area (Å²) in [6.45, 7) is 5.34. The third kappa shape index (κ3) is 5.65. The molecule has 3 aliphatic rings. The summed E-state index contributed by atoms with van der Waals surface area (Å²) in [4.78, 5) is 19.0. The Morgan fingerprint density at radius 1 is 1.36 bits per heavy atom. The molecule has 1 aromatic carbocycles. The first kappa shape index (κ1) is 25.0. The summed E-state index contributed by atoms with van der Waals surface area (Å²) in [5, 5.41) is 13.5. The van der Waals surface area contributed by atoms with Crippen molar-refractivity contribution in [1.82, 2.24) is 9.88 Å². The van der Waals surface area contributed by atoms with Gasteiger partial charge in [-0.2, -0.15) is 0 Å². The van der Waals surface area contributed by atoms with Gasteiger partial charge >= 0.3 is 5.97 Å². The summed E-state index contributed by atoms with van der Waals surface area (Å²) in [5.74, 6) is 0.355. The highest BCUT2D eigenvalue weighted by molar-refractivity contribution is 5.77. The summed E-state index contributed by atoms with van der Waals surface area (Å²) in [7, 11) is 0.